The van der Waals surface area contributed by atoms with Crippen molar-refractivity contribution in [1.82, 2.24) is 19.9 Å². The standard InChI is InChI=1S/C9H16N4O4S2/c1-7(9-10-6-11-12-9)13-19(16,17)8-2-4-18(14,15)5-3-8/h6-8,13H,2-5H2,1H3,(H,10,11,12). The van der Waals surface area contributed by atoms with Gasteiger partial charge in [0.05, 0.1) is 22.8 Å². The van der Waals surface area contributed by atoms with Gasteiger partial charge in [-0.3, -0.25) is 5.10 Å². The molecule has 8 nitrogen and oxygen atoms in total. The fraction of sp³-hybridized carbons (Fsp3) is 0.778. The third-order valence-corrected chi connectivity index (χ3v) is 6.87. The number of nitrogens with one attached hydrogen (secondary N) is 2. The lowest BCUT2D eigenvalue weighted by molar-refractivity contribution is 0.529. The van der Waals surface area contributed by atoms with Crippen molar-refractivity contribution in [2.45, 2.75) is 31.1 Å². The lowest BCUT2D eigenvalue weighted by Gasteiger charge is -2.23. The Hall–Kier alpha value is -1.00. The number of rotatable bonds is 4. The smallest absolute Gasteiger partial charge is 0.215 e. The van der Waals surface area contributed by atoms with E-state index in [0.717, 1.165) is 0 Å². The van der Waals surface area contributed by atoms with Crippen molar-refractivity contribution in [3.05, 3.63) is 12.2 Å². The molecule has 1 unspecified atom stereocenters. The molecule has 1 aliphatic rings. The van der Waals surface area contributed by atoms with E-state index in [1.807, 2.05) is 0 Å². The van der Waals surface area contributed by atoms with Crippen molar-refractivity contribution in [1.29, 1.82) is 0 Å². The second-order valence-electron chi connectivity index (χ2n) is 4.61. The molecule has 0 amide bonds. The molecule has 0 spiro atoms. The van der Waals surface area contributed by atoms with Gasteiger partial charge in [0.15, 0.2) is 0 Å². The maximum Gasteiger partial charge on any atom is 0.215 e. The molecule has 1 aromatic heterocycles. The predicted molar refractivity (Wildman–Crippen MR) is 68.5 cm³/mol. The maximum atomic E-state index is 12.1. The van der Waals surface area contributed by atoms with Crippen LogP contribution in [0.2, 0.25) is 0 Å². The Bertz CT molecular complexity index is 609. The third-order valence-electron chi connectivity index (χ3n) is 3.13. The van der Waals surface area contributed by atoms with Crippen molar-refractivity contribution in [3.8, 4) is 0 Å². The van der Waals surface area contributed by atoms with Gasteiger partial charge in [-0.25, -0.2) is 26.5 Å². The number of sulfonamides is 1. The zero-order valence-corrected chi connectivity index (χ0v) is 12.0. The van der Waals surface area contributed by atoms with Crippen LogP contribution in [0.5, 0.6) is 0 Å². The van der Waals surface area contributed by atoms with Gasteiger partial charge in [0.2, 0.25) is 10.0 Å². The highest BCUT2D eigenvalue weighted by Crippen LogP contribution is 2.20. The third kappa shape index (κ3) is 3.51. The molecule has 1 saturated heterocycles. The number of nitrogens with zero attached hydrogens (tertiary/aromatic N) is 2. The summed E-state index contributed by atoms with van der Waals surface area (Å²) in [7, 11) is -6.63. The average Bonchev–Trinajstić information content (AvgIpc) is 2.81. The molecule has 10 heteroatoms. The molecule has 1 fully saturated rings. The zero-order valence-electron chi connectivity index (χ0n) is 10.4. The minimum Gasteiger partial charge on any atom is -0.262 e. The zero-order chi connectivity index (χ0) is 14.1. The Balaban J connectivity index is 2.03. The highest BCUT2D eigenvalue weighted by atomic mass is 32.2. The van der Waals surface area contributed by atoms with Gasteiger partial charge >= 0.3 is 0 Å². The van der Waals surface area contributed by atoms with E-state index in [2.05, 4.69) is 19.9 Å². The molecule has 108 valence electrons. The molecule has 0 radical (unpaired) electrons. The van der Waals surface area contributed by atoms with Gasteiger partial charge in [-0.1, -0.05) is 0 Å². The molecule has 0 saturated carbocycles. The van der Waals surface area contributed by atoms with Crippen molar-refractivity contribution >= 4 is 19.9 Å². The summed E-state index contributed by atoms with van der Waals surface area (Å²) in [5, 5.41) is 5.58. The lowest BCUT2D eigenvalue weighted by atomic mass is 10.2. The van der Waals surface area contributed by atoms with E-state index >= 15 is 0 Å². The van der Waals surface area contributed by atoms with Gasteiger partial charge in [-0.2, -0.15) is 5.10 Å². The summed E-state index contributed by atoms with van der Waals surface area (Å²) in [5.74, 6) is 0.275. The minimum atomic E-state index is -3.56. The first kappa shape index (κ1) is 14.4. The number of hydrogen-bond acceptors (Lipinski definition) is 6. The first-order valence-corrected chi connectivity index (χ1v) is 9.24. The summed E-state index contributed by atoms with van der Waals surface area (Å²) in [5.41, 5.74) is 0. The number of aromatic nitrogens is 3. The minimum absolute atomic E-state index is 0.0741. The normalized spacial score (nSPS) is 22.2. The van der Waals surface area contributed by atoms with Crippen LogP contribution in [-0.4, -0.2) is 48.8 Å². The summed E-state index contributed by atoms with van der Waals surface area (Å²) in [6.07, 6.45) is 1.58. The summed E-state index contributed by atoms with van der Waals surface area (Å²) in [4.78, 5) is 3.88. The molecule has 0 aliphatic carbocycles. The van der Waals surface area contributed by atoms with Crippen LogP contribution in [0.25, 0.3) is 0 Å². The highest BCUT2D eigenvalue weighted by Gasteiger charge is 2.33. The molecule has 2 rings (SSSR count). The molecule has 2 N–H and O–H groups in total. The van der Waals surface area contributed by atoms with Gasteiger partial charge in [-0.15, -0.1) is 0 Å². The van der Waals surface area contributed by atoms with Crippen LogP contribution >= 0.6 is 0 Å². The Kier molecular flexibility index (Phi) is 3.92. The molecule has 1 aromatic rings. The van der Waals surface area contributed by atoms with Gasteiger partial charge in [0.25, 0.3) is 0 Å². The number of aromatic amines is 1. The summed E-state index contributed by atoms with van der Waals surface area (Å²) < 4.78 is 49.4. The predicted octanol–water partition coefficient (Wildman–Crippen LogP) is -0.638. The SMILES string of the molecule is CC(NS(=O)(=O)C1CCS(=O)(=O)CC1)c1ncn[nH]1. The summed E-state index contributed by atoms with van der Waals surface area (Å²) >= 11 is 0. The average molecular weight is 308 g/mol. The molecule has 0 bridgehead atoms. The van der Waals surface area contributed by atoms with Gasteiger partial charge in [-0.05, 0) is 19.8 Å². The fourth-order valence-corrected chi connectivity index (χ4v) is 5.44. The molecular formula is C9H16N4O4S2. The monoisotopic (exact) mass is 308 g/mol. The van der Waals surface area contributed by atoms with E-state index in [0.29, 0.717) is 5.82 Å². The van der Waals surface area contributed by atoms with Crippen LogP contribution in [0.3, 0.4) is 0 Å². The molecule has 1 atom stereocenters. The second-order valence-corrected chi connectivity index (χ2v) is 8.90. The maximum absolute atomic E-state index is 12.1. The summed E-state index contributed by atoms with van der Waals surface area (Å²) in [6.45, 7) is 1.65. The van der Waals surface area contributed by atoms with E-state index in [-0.39, 0.29) is 24.3 Å². The Morgan fingerprint density at radius 3 is 2.58 bits per heavy atom. The topological polar surface area (TPSA) is 122 Å². The number of H-pyrrole nitrogens is 1. The largest absolute Gasteiger partial charge is 0.262 e. The first-order valence-electron chi connectivity index (χ1n) is 5.87. The van der Waals surface area contributed by atoms with E-state index in [1.54, 1.807) is 6.92 Å². The molecule has 1 aliphatic heterocycles. The molecular weight excluding hydrogens is 292 g/mol. The van der Waals surface area contributed by atoms with Crippen LogP contribution in [-0.2, 0) is 19.9 Å². The van der Waals surface area contributed by atoms with Gasteiger partial charge in [0, 0.05) is 0 Å². The second kappa shape index (κ2) is 5.17. The van der Waals surface area contributed by atoms with Crippen LogP contribution < -0.4 is 4.72 Å². The fourth-order valence-electron chi connectivity index (χ4n) is 2.00. The Labute approximate surface area is 112 Å². The number of hydrogen-bond donors (Lipinski definition) is 2. The van der Waals surface area contributed by atoms with Gasteiger partial charge < -0.3 is 0 Å². The lowest BCUT2D eigenvalue weighted by Crippen LogP contribution is -2.40. The van der Waals surface area contributed by atoms with Crippen LogP contribution in [0.4, 0.5) is 0 Å². The quantitative estimate of drug-likeness (QED) is 0.763. The first-order chi connectivity index (χ1) is 8.80. The van der Waals surface area contributed by atoms with Gasteiger partial charge in [0.1, 0.15) is 22.0 Å². The van der Waals surface area contributed by atoms with E-state index in [4.69, 9.17) is 0 Å². The van der Waals surface area contributed by atoms with Crippen molar-refractivity contribution < 1.29 is 16.8 Å². The van der Waals surface area contributed by atoms with E-state index < -0.39 is 31.2 Å². The molecule has 19 heavy (non-hydrogen) atoms. The molecule has 2 heterocycles. The van der Waals surface area contributed by atoms with E-state index in [9.17, 15) is 16.8 Å². The highest BCUT2D eigenvalue weighted by molar-refractivity contribution is 7.92. The Morgan fingerprint density at radius 1 is 1.42 bits per heavy atom. The summed E-state index contributed by atoms with van der Waals surface area (Å²) in [6, 6.07) is -0.522. The van der Waals surface area contributed by atoms with Crippen molar-refractivity contribution in [2.75, 3.05) is 11.5 Å². The van der Waals surface area contributed by atoms with Crippen LogP contribution in [0, 0.1) is 0 Å². The van der Waals surface area contributed by atoms with Crippen molar-refractivity contribution in [3.63, 3.8) is 0 Å². The van der Waals surface area contributed by atoms with Crippen LogP contribution in [0.15, 0.2) is 6.33 Å². The number of sulfone groups is 1. The van der Waals surface area contributed by atoms with Crippen molar-refractivity contribution in [2.24, 2.45) is 0 Å². The van der Waals surface area contributed by atoms with Crippen LogP contribution in [0.1, 0.15) is 31.6 Å². The van der Waals surface area contributed by atoms with E-state index in [1.165, 1.54) is 6.33 Å². The Morgan fingerprint density at radius 2 is 2.05 bits per heavy atom. The molecule has 0 aromatic carbocycles.